The van der Waals surface area contributed by atoms with E-state index in [-0.39, 0.29) is 11.9 Å². The first-order valence-corrected chi connectivity index (χ1v) is 5.51. The number of hydrogen-bond donors (Lipinski definition) is 2. The number of hydrogen-bond acceptors (Lipinski definition) is 3. The number of nitrogens with one attached hydrogen (secondary N) is 1. The molecule has 0 bridgehead atoms. The van der Waals surface area contributed by atoms with Crippen molar-refractivity contribution >= 4 is 5.91 Å². The van der Waals surface area contributed by atoms with Crippen LogP contribution >= 0.6 is 0 Å². The van der Waals surface area contributed by atoms with Gasteiger partial charge in [-0.05, 0) is 18.9 Å². The Morgan fingerprint density at radius 3 is 2.94 bits per heavy atom. The number of para-hydroxylation sites is 1. The summed E-state index contributed by atoms with van der Waals surface area (Å²) in [6.07, 6.45) is 1.57. The van der Waals surface area contributed by atoms with Crippen molar-refractivity contribution in [2.75, 3.05) is 6.61 Å². The summed E-state index contributed by atoms with van der Waals surface area (Å²) in [5.41, 5.74) is 6.26. The summed E-state index contributed by atoms with van der Waals surface area (Å²) >= 11 is 0. The standard InChI is InChI=1S/C12H14N2O2/c13-12(5-6-12)11(15)14-9-7-16-10-4-2-1-3-8(9)10/h1-4,9H,5-7,13H2,(H,14,15). The van der Waals surface area contributed by atoms with E-state index in [9.17, 15) is 4.79 Å². The molecule has 84 valence electrons. The van der Waals surface area contributed by atoms with Gasteiger partial charge in [0, 0.05) is 5.56 Å². The van der Waals surface area contributed by atoms with Crippen molar-refractivity contribution in [3.8, 4) is 5.75 Å². The zero-order valence-corrected chi connectivity index (χ0v) is 8.90. The molecular weight excluding hydrogens is 204 g/mol. The molecule has 3 rings (SSSR count). The molecule has 1 aromatic rings. The summed E-state index contributed by atoms with van der Waals surface area (Å²) in [4.78, 5) is 11.8. The molecule has 2 aliphatic rings. The van der Waals surface area contributed by atoms with E-state index >= 15 is 0 Å². The Hall–Kier alpha value is -1.55. The Bertz CT molecular complexity index is 440. The van der Waals surface area contributed by atoms with Gasteiger partial charge in [0.1, 0.15) is 12.4 Å². The van der Waals surface area contributed by atoms with Gasteiger partial charge < -0.3 is 15.8 Å². The highest BCUT2D eigenvalue weighted by molar-refractivity contribution is 5.89. The molecule has 1 amide bonds. The van der Waals surface area contributed by atoms with E-state index < -0.39 is 5.54 Å². The third-order valence-electron chi connectivity index (χ3n) is 3.25. The van der Waals surface area contributed by atoms with E-state index in [1.807, 2.05) is 24.3 Å². The van der Waals surface area contributed by atoms with Gasteiger partial charge in [-0.2, -0.15) is 0 Å². The lowest BCUT2D eigenvalue weighted by Gasteiger charge is -2.15. The van der Waals surface area contributed by atoms with Crippen LogP contribution in [-0.2, 0) is 4.79 Å². The van der Waals surface area contributed by atoms with Crippen molar-refractivity contribution < 1.29 is 9.53 Å². The molecule has 3 N–H and O–H groups in total. The maximum absolute atomic E-state index is 11.8. The van der Waals surface area contributed by atoms with Crippen LogP contribution in [0, 0.1) is 0 Å². The van der Waals surface area contributed by atoms with Gasteiger partial charge in [-0.25, -0.2) is 0 Å². The number of carbonyl (C=O) groups excluding carboxylic acids is 1. The molecule has 16 heavy (non-hydrogen) atoms. The molecule has 0 saturated heterocycles. The summed E-state index contributed by atoms with van der Waals surface area (Å²) < 4.78 is 5.49. The molecule has 4 nitrogen and oxygen atoms in total. The van der Waals surface area contributed by atoms with Crippen LogP contribution in [0.3, 0.4) is 0 Å². The average Bonchev–Trinajstić information content (AvgIpc) is 2.92. The summed E-state index contributed by atoms with van der Waals surface area (Å²) in [6, 6.07) is 7.71. The second-order valence-electron chi connectivity index (χ2n) is 4.53. The normalized spacial score (nSPS) is 24.4. The fourth-order valence-electron chi connectivity index (χ4n) is 1.95. The second kappa shape index (κ2) is 3.22. The van der Waals surface area contributed by atoms with Gasteiger partial charge in [0.05, 0.1) is 11.6 Å². The van der Waals surface area contributed by atoms with Gasteiger partial charge in [0.2, 0.25) is 5.91 Å². The molecule has 0 spiro atoms. The van der Waals surface area contributed by atoms with E-state index in [4.69, 9.17) is 10.5 Å². The fraction of sp³-hybridized carbons (Fsp3) is 0.417. The number of rotatable bonds is 2. The van der Waals surface area contributed by atoms with E-state index in [1.54, 1.807) is 0 Å². The molecule has 1 atom stereocenters. The number of nitrogens with two attached hydrogens (primary N) is 1. The van der Waals surface area contributed by atoms with Crippen molar-refractivity contribution in [3.63, 3.8) is 0 Å². The van der Waals surface area contributed by atoms with Crippen LogP contribution in [-0.4, -0.2) is 18.1 Å². The summed E-state index contributed by atoms with van der Waals surface area (Å²) in [5, 5.41) is 2.95. The number of amides is 1. The first kappa shape index (κ1) is 9.66. The number of carbonyl (C=O) groups is 1. The van der Waals surface area contributed by atoms with Crippen molar-refractivity contribution in [1.82, 2.24) is 5.32 Å². The van der Waals surface area contributed by atoms with Gasteiger partial charge in [-0.15, -0.1) is 0 Å². The largest absolute Gasteiger partial charge is 0.491 e. The molecular formula is C12H14N2O2. The van der Waals surface area contributed by atoms with Gasteiger partial charge in [-0.3, -0.25) is 4.79 Å². The van der Waals surface area contributed by atoms with Crippen LogP contribution in [0.1, 0.15) is 24.4 Å². The third kappa shape index (κ3) is 1.46. The molecule has 1 aromatic carbocycles. The minimum absolute atomic E-state index is 0.0512. The number of benzene rings is 1. The Balaban J connectivity index is 1.76. The third-order valence-corrected chi connectivity index (χ3v) is 3.25. The van der Waals surface area contributed by atoms with E-state index in [0.29, 0.717) is 6.61 Å². The SMILES string of the molecule is NC1(C(=O)NC2COc3ccccc32)CC1. The monoisotopic (exact) mass is 218 g/mol. The Kier molecular flexibility index (Phi) is 1.94. The van der Waals surface area contributed by atoms with Gasteiger partial charge >= 0.3 is 0 Å². The molecule has 1 heterocycles. The minimum atomic E-state index is -0.614. The quantitative estimate of drug-likeness (QED) is 0.769. The number of ether oxygens (including phenoxy) is 1. The predicted molar refractivity (Wildman–Crippen MR) is 59.0 cm³/mol. The molecule has 1 aliphatic carbocycles. The fourth-order valence-corrected chi connectivity index (χ4v) is 1.95. The highest BCUT2D eigenvalue weighted by atomic mass is 16.5. The van der Waals surface area contributed by atoms with Crippen molar-refractivity contribution in [2.45, 2.75) is 24.4 Å². The van der Waals surface area contributed by atoms with Crippen LogP contribution in [0.15, 0.2) is 24.3 Å². The van der Waals surface area contributed by atoms with Gasteiger partial charge in [-0.1, -0.05) is 18.2 Å². The van der Waals surface area contributed by atoms with E-state index in [0.717, 1.165) is 24.2 Å². The van der Waals surface area contributed by atoms with Crippen molar-refractivity contribution in [1.29, 1.82) is 0 Å². The topological polar surface area (TPSA) is 64.4 Å². The molecule has 0 aromatic heterocycles. The summed E-state index contributed by atoms with van der Waals surface area (Å²) in [6.45, 7) is 0.501. The molecule has 1 fully saturated rings. The van der Waals surface area contributed by atoms with Crippen LogP contribution < -0.4 is 15.8 Å². The van der Waals surface area contributed by atoms with Crippen LogP contribution in [0.2, 0.25) is 0 Å². The zero-order chi connectivity index (χ0) is 11.2. The smallest absolute Gasteiger partial charge is 0.240 e. The maximum Gasteiger partial charge on any atom is 0.240 e. The Morgan fingerprint density at radius 1 is 1.44 bits per heavy atom. The Morgan fingerprint density at radius 2 is 2.19 bits per heavy atom. The highest BCUT2D eigenvalue weighted by Crippen LogP contribution is 2.35. The van der Waals surface area contributed by atoms with Crippen LogP contribution in [0.4, 0.5) is 0 Å². The van der Waals surface area contributed by atoms with Crippen LogP contribution in [0.25, 0.3) is 0 Å². The minimum Gasteiger partial charge on any atom is -0.491 e. The lowest BCUT2D eigenvalue weighted by molar-refractivity contribution is -0.124. The number of fused-ring (bicyclic) bond motifs is 1. The summed E-state index contributed by atoms with van der Waals surface area (Å²) in [7, 11) is 0. The van der Waals surface area contributed by atoms with Gasteiger partial charge in [0.25, 0.3) is 0 Å². The predicted octanol–water partition coefficient (Wildman–Crippen LogP) is 0.728. The van der Waals surface area contributed by atoms with E-state index in [2.05, 4.69) is 5.32 Å². The molecule has 4 heteroatoms. The van der Waals surface area contributed by atoms with Crippen molar-refractivity contribution in [3.05, 3.63) is 29.8 Å². The molecule has 1 unspecified atom stereocenters. The van der Waals surface area contributed by atoms with Crippen molar-refractivity contribution in [2.24, 2.45) is 5.73 Å². The first-order valence-electron chi connectivity index (χ1n) is 5.51. The van der Waals surface area contributed by atoms with E-state index in [1.165, 1.54) is 0 Å². The second-order valence-corrected chi connectivity index (χ2v) is 4.53. The van der Waals surface area contributed by atoms with Crippen LogP contribution in [0.5, 0.6) is 5.75 Å². The summed E-state index contributed by atoms with van der Waals surface area (Å²) in [5.74, 6) is 0.799. The zero-order valence-electron chi connectivity index (χ0n) is 8.90. The van der Waals surface area contributed by atoms with Gasteiger partial charge in [0.15, 0.2) is 0 Å². The average molecular weight is 218 g/mol. The molecule has 1 saturated carbocycles. The first-order chi connectivity index (χ1) is 7.69. The lowest BCUT2D eigenvalue weighted by atomic mass is 10.1. The molecule has 0 radical (unpaired) electrons. The lowest BCUT2D eigenvalue weighted by Crippen LogP contribution is -2.44. The highest BCUT2D eigenvalue weighted by Gasteiger charge is 2.47. The molecule has 1 aliphatic heterocycles. The maximum atomic E-state index is 11.8. The Labute approximate surface area is 93.8 Å².